The van der Waals surface area contributed by atoms with Gasteiger partial charge in [-0.2, -0.15) is 13.2 Å². The van der Waals surface area contributed by atoms with Crippen molar-refractivity contribution in [2.45, 2.75) is 6.18 Å². The quantitative estimate of drug-likeness (QED) is 0.781. The van der Waals surface area contributed by atoms with E-state index in [0.29, 0.717) is 5.75 Å². The number of carbonyl (C=O) groups is 1. The fourth-order valence-electron chi connectivity index (χ4n) is 1.92. The fraction of sp³-hybridized carbons (Fsp3) is 0.118. The van der Waals surface area contributed by atoms with Gasteiger partial charge in [0.05, 0.1) is 17.7 Å². The van der Waals surface area contributed by atoms with E-state index >= 15 is 0 Å². The summed E-state index contributed by atoms with van der Waals surface area (Å²) in [7, 11) is 1.55. The Bertz CT molecular complexity index is 774. The second-order valence-electron chi connectivity index (χ2n) is 4.90. The summed E-state index contributed by atoms with van der Waals surface area (Å²) in [6, 6.07) is 9.53. The van der Waals surface area contributed by atoms with Gasteiger partial charge in [-0.1, -0.05) is 23.7 Å². The summed E-state index contributed by atoms with van der Waals surface area (Å²) in [5.41, 5.74) is -0.222. The lowest BCUT2D eigenvalue weighted by atomic mass is 10.2. The van der Waals surface area contributed by atoms with Gasteiger partial charge < -0.3 is 15.4 Å². The Balaban J connectivity index is 1.97. The van der Waals surface area contributed by atoms with Gasteiger partial charge in [0, 0.05) is 11.9 Å². The maximum atomic E-state index is 12.8. The van der Waals surface area contributed by atoms with Gasteiger partial charge in [-0.25, -0.2) is 4.79 Å². The number of carbonyl (C=O) groups excluding carboxylic acids is 1. The molecule has 132 valence electrons. The molecule has 0 spiro atoms. The van der Waals surface area contributed by atoms with E-state index in [9.17, 15) is 18.0 Å². The van der Waals surface area contributed by atoms with E-state index in [0.717, 1.165) is 17.7 Å². The Morgan fingerprint density at radius 2 is 1.84 bits per heavy atom. The van der Waals surface area contributed by atoms with Crippen LogP contribution in [0.2, 0.25) is 5.02 Å². The van der Waals surface area contributed by atoms with Crippen molar-refractivity contribution in [3.05, 3.63) is 64.8 Å². The first-order valence-corrected chi connectivity index (χ1v) is 7.42. The molecule has 0 heterocycles. The maximum Gasteiger partial charge on any atom is 0.417 e. The minimum absolute atomic E-state index is 0.0212. The monoisotopic (exact) mass is 370 g/mol. The van der Waals surface area contributed by atoms with Crippen molar-refractivity contribution in [3.63, 3.8) is 0 Å². The van der Waals surface area contributed by atoms with Crippen LogP contribution < -0.4 is 15.4 Å². The third kappa shape index (κ3) is 5.42. The lowest BCUT2D eigenvalue weighted by Crippen LogP contribution is -2.24. The molecule has 0 fully saturated rings. The zero-order chi connectivity index (χ0) is 18.4. The van der Waals surface area contributed by atoms with Gasteiger partial charge in [0.15, 0.2) is 0 Å². The van der Waals surface area contributed by atoms with E-state index in [4.69, 9.17) is 16.3 Å². The first-order valence-electron chi connectivity index (χ1n) is 7.04. The Morgan fingerprint density at radius 3 is 2.44 bits per heavy atom. The Labute approximate surface area is 147 Å². The number of amides is 2. The van der Waals surface area contributed by atoms with Gasteiger partial charge in [-0.3, -0.25) is 0 Å². The topological polar surface area (TPSA) is 50.4 Å². The van der Waals surface area contributed by atoms with Gasteiger partial charge in [0.2, 0.25) is 0 Å². The first kappa shape index (κ1) is 18.7. The minimum Gasteiger partial charge on any atom is -0.497 e. The van der Waals surface area contributed by atoms with Crippen LogP contribution in [0.1, 0.15) is 11.1 Å². The molecule has 2 aromatic rings. The summed E-state index contributed by atoms with van der Waals surface area (Å²) in [4.78, 5) is 11.7. The molecule has 0 aliphatic heterocycles. The van der Waals surface area contributed by atoms with E-state index in [1.165, 1.54) is 12.3 Å². The summed E-state index contributed by atoms with van der Waals surface area (Å²) in [6.45, 7) is 0. The lowest BCUT2D eigenvalue weighted by Gasteiger charge is -2.11. The van der Waals surface area contributed by atoms with Crippen molar-refractivity contribution < 1.29 is 22.7 Å². The van der Waals surface area contributed by atoms with Crippen LogP contribution in [-0.4, -0.2) is 13.1 Å². The van der Waals surface area contributed by atoms with Crippen LogP contribution in [-0.2, 0) is 6.18 Å². The second-order valence-corrected chi connectivity index (χ2v) is 5.30. The van der Waals surface area contributed by atoms with Crippen molar-refractivity contribution in [1.29, 1.82) is 0 Å². The Morgan fingerprint density at radius 1 is 1.16 bits per heavy atom. The SMILES string of the molecule is COc1ccc(/C=C/NC(=O)Nc2ccc(Cl)c(C(F)(F)F)c2)cc1. The third-order valence-corrected chi connectivity index (χ3v) is 3.47. The van der Waals surface area contributed by atoms with Gasteiger partial charge in [-0.15, -0.1) is 0 Å². The number of ether oxygens (including phenoxy) is 1. The number of benzene rings is 2. The summed E-state index contributed by atoms with van der Waals surface area (Å²) in [5, 5.41) is 4.28. The highest BCUT2D eigenvalue weighted by Crippen LogP contribution is 2.36. The molecule has 0 aliphatic rings. The largest absolute Gasteiger partial charge is 0.497 e. The van der Waals surface area contributed by atoms with Gasteiger partial charge in [-0.05, 0) is 42.0 Å². The summed E-state index contributed by atoms with van der Waals surface area (Å²) < 4.78 is 43.4. The molecular weight excluding hydrogens is 357 g/mol. The predicted octanol–water partition coefficient (Wildman–Crippen LogP) is 5.16. The smallest absolute Gasteiger partial charge is 0.417 e. The van der Waals surface area contributed by atoms with Gasteiger partial charge >= 0.3 is 12.2 Å². The van der Waals surface area contributed by atoms with Crippen LogP contribution in [0.3, 0.4) is 0 Å². The molecule has 2 rings (SSSR count). The number of urea groups is 1. The zero-order valence-corrected chi connectivity index (χ0v) is 13.8. The van der Waals surface area contributed by atoms with Crippen LogP contribution >= 0.6 is 11.6 Å². The molecule has 0 aromatic heterocycles. The van der Waals surface area contributed by atoms with Gasteiger partial charge in [0.25, 0.3) is 0 Å². The molecular formula is C17H14ClF3N2O2. The normalized spacial score (nSPS) is 11.4. The van der Waals surface area contributed by atoms with E-state index in [1.54, 1.807) is 37.5 Å². The number of halogens is 4. The van der Waals surface area contributed by atoms with Crippen LogP contribution in [0.5, 0.6) is 5.75 Å². The highest BCUT2D eigenvalue weighted by molar-refractivity contribution is 6.31. The van der Waals surface area contributed by atoms with Crippen LogP contribution in [0.4, 0.5) is 23.7 Å². The molecule has 2 amide bonds. The standard InChI is InChI=1S/C17H14ClF3N2O2/c1-25-13-5-2-11(3-6-13)8-9-22-16(24)23-12-4-7-15(18)14(10-12)17(19,20)21/h2-10H,1H3,(H2,22,23,24)/b9-8+. The number of methoxy groups -OCH3 is 1. The number of nitrogens with one attached hydrogen (secondary N) is 2. The summed E-state index contributed by atoms with van der Waals surface area (Å²) >= 11 is 5.52. The zero-order valence-electron chi connectivity index (χ0n) is 13.0. The molecule has 0 unspecified atom stereocenters. The number of hydrogen-bond donors (Lipinski definition) is 2. The predicted molar refractivity (Wildman–Crippen MR) is 90.6 cm³/mol. The van der Waals surface area contributed by atoms with Crippen molar-refractivity contribution >= 4 is 29.4 Å². The van der Waals surface area contributed by atoms with E-state index < -0.39 is 22.8 Å². The molecule has 0 atom stereocenters. The lowest BCUT2D eigenvalue weighted by molar-refractivity contribution is -0.137. The average molecular weight is 371 g/mol. The number of alkyl halides is 3. The molecule has 2 aromatic carbocycles. The number of hydrogen-bond acceptors (Lipinski definition) is 2. The second kappa shape index (κ2) is 7.94. The molecule has 4 nitrogen and oxygen atoms in total. The van der Waals surface area contributed by atoms with E-state index in [1.807, 2.05) is 0 Å². The van der Waals surface area contributed by atoms with Crippen molar-refractivity contribution in [2.75, 3.05) is 12.4 Å². The highest BCUT2D eigenvalue weighted by atomic mass is 35.5. The molecule has 0 bridgehead atoms. The molecule has 8 heteroatoms. The maximum absolute atomic E-state index is 12.8. The molecule has 0 radical (unpaired) electrons. The van der Waals surface area contributed by atoms with Gasteiger partial charge in [0.1, 0.15) is 5.75 Å². The highest BCUT2D eigenvalue weighted by Gasteiger charge is 2.33. The van der Waals surface area contributed by atoms with E-state index in [2.05, 4.69) is 10.6 Å². The molecule has 0 saturated carbocycles. The minimum atomic E-state index is -4.60. The average Bonchev–Trinajstić information content (AvgIpc) is 2.56. The third-order valence-electron chi connectivity index (χ3n) is 3.14. The van der Waals surface area contributed by atoms with Crippen LogP contribution in [0.25, 0.3) is 6.08 Å². The first-order chi connectivity index (χ1) is 11.8. The van der Waals surface area contributed by atoms with Crippen molar-refractivity contribution in [3.8, 4) is 5.75 Å². The molecule has 25 heavy (non-hydrogen) atoms. The fourth-order valence-corrected chi connectivity index (χ4v) is 2.14. The summed E-state index contributed by atoms with van der Waals surface area (Å²) in [5.74, 6) is 0.700. The molecule has 2 N–H and O–H groups in total. The van der Waals surface area contributed by atoms with Crippen LogP contribution in [0.15, 0.2) is 48.7 Å². The number of anilines is 1. The van der Waals surface area contributed by atoms with Crippen molar-refractivity contribution in [2.24, 2.45) is 0 Å². The van der Waals surface area contributed by atoms with Crippen LogP contribution in [0, 0.1) is 0 Å². The molecule has 0 aliphatic carbocycles. The van der Waals surface area contributed by atoms with E-state index in [-0.39, 0.29) is 5.69 Å². The number of rotatable bonds is 4. The molecule has 0 saturated heterocycles. The Kier molecular flexibility index (Phi) is 5.93. The Hall–Kier alpha value is -2.67. The summed E-state index contributed by atoms with van der Waals surface area (Å²) in [6.07, 6.45) is -1.60. The van der Waals surface area contributed by atoms with Crippen molar-refractivity contribution in [1.82, 2.24) is 5.32 Å².